The van der Waals surface area contributed by atoms with Gasteiger partial charge in [0.2, 0.25) is 0 Å². The fraction of sp³-hybridized carbons (Fsp3) is 0.0625. The largest absolute Gasteiger partial charge is 0.479 e. The number of imidazole rings is 1. The van der Waals surface area contributed by atoms with Crippen molar-refractivity contribution in [1.82, 2.24) is 19.5 Å². The highest BCUT2D eigenvalue weighted by molar-refractivity contribution is 5.76. The van der Waals surface area contributed by atoms with E-state index in [1.807, 2.05) is 54.1 Å². The van der Waals surface area contributed by atoms with Crippen molar-refractivity contribution in [3.05, 3.63) is 60.3 Å². The van der Waals surface area contributed by atoms with Crippen LogP contribution in [0.1, 0.15) is 11.4 Å². The Morgan fingerprint density at radius 1 is 1.05 bits per heavy atom. The van der Waals surface area contributed by atoms with E-state index in [1.54, 1.807) is 12.4 Å². The lowest BCUT2D eigenvalue weighted by Crippen LogP contribution is -1.90. The molecule has 0 aliphatic rings. The second-order valence-electron chi connectivity index (χ2n) is 4.57. The molecule has 0 spiro atoms. The van der Waals surface area contributed by atoms with Crippen LogP contribution in [0, 0.1) is 0 Å². The summed E-state index contributed by atoms with van der Waals surface area (Å²) in [7, 11) is 1.94. The number of rotatable bonds is 3. The highest BCUT2D eigenvalue weighted by Crippen LogP contribution is 2.23. The molecular weight excluding hydrogens is 264 g/mol. The number of aryl methyl sites for hydroxylation is 1. The van der Waals surface area contributed by atoms with E-state index in [0.717, 1.165) is 17.0 Å². The maximum atomic E-state index is 9.28. The van der Waals surface area contributed by atoms with Gasteiger partial charge in [0.05, 0.1) is 23.4 Å². The molecule has 0 atom stereocenters. The molecule has 0 saturated heterocycles. The van der Waals surface area contributed by atoms with Crippen LogP contribution in [0.15, 0.2) is 48.9 Å². The van der Waals surface area contributed by atoms with E-state index in [9.17, 15) is 5.11 Å². The van der Waals surface area contributed by atoms with Gasteiger partial charge in [-0.2, -0.15) is 4.98 Å². The van der Waals surface area contributed by atoms with Crippen molar-refractivity contribution in [2.75, 3.05) is 0 Å². The lowest BCUT2D eigenvalue weighted by atomic mass is 10.1. The summed E-state index contributed by atoms with van der Waals surface area (Å²) in [5, 5.41) is 9.28. The molecule has 0 amide bonds. The number of aromatic hydroxyl groups is 1. The molecule has 104 valence electrons. The molecule has 1 aromatic carbocycles. The van der Waals surface area contributed by atoms with Gasteiger partial charge < -0.3 is 9.67 Å². The van der Waals surface area contributed by atoms with Crippen LogP contribution in [-0.2, 0) is 7.05 Å². The first-order chi connectivity index (χ1) is 10.2. The zero-order valence-corrected chi connectivity index (χ0v) is 11.5. The molecule has 5 heteroatoms. The van der Waals surface area contributed by atoms with Crippen LogP contribution >= 0.6 is 0 Å². The van der Waals surface area contributed by atoms with Gasteiger partial charge in [0.25, 0.3) is 0 Å². The van der Waals surface area contributed by atoms with E-state index in [2.05, 4.69) is 15.0 Å². The molecule has 2 heterocycles. The van der Waals surface area contributed by atoms with Crippen LogP contribution in [-0.4, -0.2) is 24.6 Å². The lowest BCUT2D eigenvalue weighted by molar-refractivity contribution is 0.430. The van der Waals surface area contributed by atoms with E-state index in [-0.39, 0.29) is 6.01 Å². The number of aromatic nitrogens is 4. The summed E-state index contributed by atoms with van der Waals surface area (Å²) in [5.41, 5.74) is 3.58. The zero-order valence-electron chi connectivity index (χ0n) is 11.5. The van der Waals surface area contributed by atoms with Gasteiger partial charge >= 0.3 is 6.01 Å². The Kier molecular flexibility index (Phi) is 3.47. The first-order valence-electron chi connectivity index (χ1n) is 6.51. The normalized spacial score (nSPS) is 11.1. The second-order valence-corrected chi connectivity index (χ2v) is 4.57. The minimum absolute atomic E-state index is 0.231. The number of hydrogen-bond donors (Lipinski definition) is 1. The lowest BCUT2D eigenvalue weighted by Gasteiger charge is -2.01. The van der Waals surface area contributed by atoms with Crippen molar-refractivity contribution in [3.63, 3.8) is 0 Å². The molecule has 0 aliphatic carbocycles. The molecule has 0 saturated carbocycles. The van der Waals surface area contributed by atoms with Crippen molar-refractivity contribution in [2.45, 2.75) is 0 Å². The second kappa shape index (κ2) is 5.58. The molecule has 5 nitrogen and oxygen atoms in total. The Morgan fingerprint density at radius 2 is 1.86 bits per heavy atom. The Bertz CT molecular complexity index is 778. The number of benzene rings is 1. The highest BCUT2D eigenvalue weighted by atomic mass is 16.3. The predicted molar refractivity (Wildman–Crippen MR) is 81.3 cm³/mol. The van der Waals surface area contributed by atoms with Crippen LogP contribution in [0.3, 0.4) is 0 Å². The zero-order chi connectivity index (χ0) is 14.7. The molecular formula is C16H14N4O. The third kappa shape index (κ3) is 2.81. The Hall–Kier alpha value is -2.95. The molecule has 0 fully saturated rings. The molecule has 0 bridgehead atoms. The molecule has 3 rings (SSSR count). The van der Waals surface area contributed by atoms with E-state index in [1.165, 1.54) is 6.20 Å². The van der Waals surface area contributed by atoms with Crippen LogP contribution in [0.5, 0.6) is 6.01 Å². The van der Waals surface area contributed by atoms with Gasteiger partial charge in [-0.3, -0.25) is 0 Å². The van der Waals surface area contributed by atoms with Crippen LogP contribution < -0.4 is 0 Å². The van der Waals surface area contributed by atoms with Gasteiger partial charge in [0.15, 0.2) is 0 Å². The van der Waals surface area contributed by atoms with Crippen LogP contribution in [0.4, 0.5) is 0 Å². The summed E-state index contributed by atoms with van der Waals surface area (Å²) >= 11 is 0. The predicted octanol–water partition coefficient (Wildman–Crippen LogP) is 2.75. The molecule has 0 unspecified atom stereocenters. The fourth-order valence-corrected chi connectivity index (χ4v) is 2.07. The fourth-order valence-electron chi connectivity index (χ4n) is 2.07. The van der Waals surface area contributed by atoms with E-state index in [0.29, 0.717) is 5.69 Å². The first-order valence-corrected chi connectivity index (χ1v) is 6.51. The topological polar surface area (TPSA) is 63.8 Å². The van der Waals surface area contributed by atoms with Crippen molar-refractivity contribution in [3.8, 4) is 17.3 Å². The summed E-state index contributed by atoms with van der Waals surface area (Å²) in [6.45, 7) is 0. The van der Waals surface area contributed by atoms with Gasteiger partial charge in [-0.15, -0.1) is 0 Å². The SMILES string of the molecule is Cn1cnc(-c2ccccc2)c1/C=C/c1ccnc(O)n1. The van der Waals surface area contributed by atoms with Crippen molar-refractivity contribution >= 4 is 12.2 Å². The first kappa shape index (κ1) is 13.1. The Labute approximate surface area is 122 Å². The summed E-state index contributed by atoms with van der Waals surface area (Å²) in [6.07, 6.45) is 7.05. The molecule has 0 aliphatic heterocycles. The summed E-state index contributed by atoms with van der Waals surface area (Å²) < 4.78 is 1.94. The van der Waals surface area contributed by atoms with E-state index < -0.39 is 0 Å². The van der Waals surface area contributed by atoms with E-state index >= 15 is 0 Å². The minimum Gasteiger partial charge on any atom is -0.479 e. The maximum Gasteiger partial charge on any atom is 0.314 e. The quantitative estimate of drug-likeness (QED) is 0.800. The standard InChI is InChI=1S/C16H14N4O/c1-20-11-18-15(12-5-3-2-4-6-12)14(20)8-7-13-9-10-17-16(21)19-13/h2-11H,1H3,(H,17,19,21)/b8-7+. The Balaban J connectivity index is 1.98. The van der Waals surface area contributed by atoms with Gasteiger partial charge in [-0.05, 0) is 18.2 Å². The van der Waals surface area contributed by atoms with Gasteiger partial charge in [0.1, 0.15) is 0 Å². The molecule has 0 radical (unpaired) electrons. The molecule has 1 N–H and O–H groups in total. The Morgan fingerprint density at radius 3 is 2.62 bits per heavy atom. The van der Waals surface area contributed by atoms with Gasteiger partial charge in [-0.25, -0.2) is 9.97 Å². The van der Waals surface area contributed by atoms with Crippen molar-refractivity contribution < 1.29 is 5.11 Å². The molecule has 2 aromatic heterocycles. The third-order valence-electron chi connectivity index (χ3n) is 3.11. The maximum absolute atomic E-state index is 9.28. The smallest absolute Gasteiger partial charge is 0.314 e. The average molecular weight is 278 g/mol. The summed E-state index contributed by atoms with van der Waals surface area (Å²) in [6, 6.07) is 11.5. The monoisotopic (exact) mass is 278 g/mol. The number of nitrogens with zero attached hydrogens (tertiary/aromatic N) is 4. The minimum atomic E-state index is -0.231. The third-order valence-corrected chi connectivity index (χ3v) is 3.11. The summed E-state index contributed by atoms with van der Waals surface area (Å²) in [4.78, 5) is 12.0. The van der Waals surface area contributed by atoms with Gasteiger partial charge in [0, 0.05) is 18.8 Å². The molecule has 21 heavy (non-hydrogen) atoms. The van der Waals surface area contributed by atoms with Gasteiger partial charge in [-0.1, -0.05) is 30.3 Å². The number of hydrogen-bond acceptors (Lipinski definition) is 4. The summed E-state index contributed by atoms with van der Waals surface area (Å²) in [5.74, 6) is 0. The van der Waals surface area contributed by atoms with Crippen molar-refractivity contribution in [1.29, 1.82) is 0 Å². The van der Waals surface area contributed by atoms with Crippen LogP contribution in [0.25, 0.3) is 23.4 Å². The molecule has 3 aromatic rings. The average Bonchev–Trinajstić information content (AvgIpc) is 2.87. The van der Waals surface area contributed by atoms with E-state index in [4.69, 9.17) is 0 Å². The van der Waals surface area contributed by atoms with Crippen LogP contribution in [0.2, 0.25) is 0 Å². The highest BCUT2D eigenvalue weighted by Gasteiger charge is 2.08. The van der Waals surface area contributed by atoms with Crippen molar-refractivity contribution in [2.24, 2.45) is 7.05 Å².